The second-order valence-corrected chi connectivity index (χ2v) is 2.69. The van der Waals surface area contributed by atoms with Gasteiger partial charge in [0.05, 0.1) is 11.3 Å². The van der Waals surface area contributed by atoms with E-state index in [1.54, 1.807) is 0 Å². The van der Waals surface area contributed by atoms with Gasteiger partial charge in [0.2, 0.25) is 0 Å². The molecule has 0 unspecified atom stereocenters. The summed E-state index contributed by atoms with van der Waals surface area (Å²) in [6.45, 7) is 1.39. The Hall–Kier alpha value is -2.02. The van der Waals surface area contributed by atoms with Crippen LogP contribution in [0.15, 0.2) is 12.1 Å². The van der Waals surface area contributed by atoms with E-state index in [4.69, 9.17) is 16.7 Å². The lowest BCUT2D eigenvalue weighted by Crippen LogP contribution is -2.02. The van der Waals surface area contributed by atoms with Crippen LogP contribution in [0.25, 0.3) is 0 Å². The second kappa shape index (κ2) is 3.15. The fourth-order valence-corrected chi connectivity index (χ4v) is 1.04. The molecule has 0 saturated heterocycles. The number of benzene rings is 1. The number of hydrogen-bond donors (Lipinski definition) is 2. The summed E-state index contributed by atoms with van der Waals surface area (Å²) in [6.07, 6.45) is 0. The molecule has 0 aliphatic carbocycles. The number of carbonyl (C=O) groups is 1. The molecule has 13 heavy (non-hydrogen) atoms. The minimum Gasteiger partial charge on any atom is -0.398 e. The van der Waals surface area contributed by atoms with Crippen LogP contribution in [-0.2, 0) is 0 Å². The Morgan fingerprint density at radius 3 is 2.46 bits per heavy atom. The van der Waals surface area contributed by atoms with Crippen LogP contribution in [-0.4, -0.2) is 5.78 Å². The molecular formula is C9H9N3O. The van der Waals surface area contributed by atoms with Crippen LogP contribution in [0.4, 0.5) is 11.4 Å². The lowest BCUT2D eigenvalue weighted by atomic mass is 10.0. The number of nitriles is 1. The highest BCUT2D eigenvalue weighted by atomic mass is 16.1. The molecular weight excluding hydrogens is 166 g/mol. The standard InChI is InChI=1S/C9H9N3O/c1-5(13)7-2-6(4-10)8(11)3-9(7)12/h2-3H,11-12H2,1H3. The number of nitrogen functional groups attached to an aromatic ring is 2. The third-order valence-electron chi connectivity index (χ3n) is 1.72. The number of Topliss-reactive ketones (excluding diaryl/α,β-unsaturated/α-hetero) is 1. The number of rotatable bonds is 1. The van der Waals surface area contributed by atoms with Gasteiger partial charge in [0.25, 0.3) is 0 Å². The molecule has 4 N–H and O–H groups in total. The maximum Gasteiger partial charge on any atom is 0.161 e. The number of hydrogen-bond acceptors (Lipinski definition) is 4. The van der Waals surface area contributed by atoms with Crippen molar-refractivity contribution in [1.29, 1.82) is 5.26 Å². The molecule has 4 heteroatoms. The van der Waals surface area contributed by atoms with Gasteiger partial charge < -0.3 is 11.5 Å². The smallest absolute Gasteiger partial charge is 0.161 e. The Morgan fingerprint density at radius 1 is 1.38 bits per heavy atom. The SMILES string of the molecule is CC(=O)c1cc(C#N)c(N)cc1N. The van der Waals surface area contributed by atoms with Gasteiger partial charge in [0.15, 0.2) is 5.78 Å². The van der Waals surface area contributed by atoms with E-state index < -0.39 is 0 Å². The summed E-state index contributed by atoms with van der Waals surface area (Å²) in [5.41, 5.74) is 12.2. The third kappa shape index (κ3) is 1.59. The average molecular weight is 175 g/mol. The Labute approximate surface area is 75.8 Å². The fraction of sp³-hybridized carbons (Fsp3) is 0.111. The molecule has 0 atom stereocenters. The van der Waals surface area contributed by atoms with Gasteiger partial charge in [-0.25, -0.2) is 0 Å². The normalized spacial score (nSPS) is 9.23. The summed E-state index contributed by atoms with van der Waals surface area (Å²) < 4.78 is 0. The Bertz CT molecular complexity index is 404. The van der Waals surface area contributed by atoms with Gasteiger partial charge in [-0.2, -0.15) is 5.26 Å². The van der Waals surface area contributed by atoms with E-state index >= 15 is 0 Å². The van der Waals surface area contributed by atoms with E-state index in [9.17, 15) is 4.79 Å². The van der Waals surface area contributed by atoms with Crippen LogP contribution in [0.2, 0.25) is 0 Å². The summed E-state index contributed by atoms with van der Waals surface area (Å²) in [6, 6.07) is 4.72. The molecule has 0 heterocycles. The second-order valence-electron chi connectivity index (χ2n) is 2.69. The van der Waals surface area contributed by atoms with Crippen LogP contribution in [0.3, 0.4) is 0 Å². The number of nitrogens with zero attached hydrogens (tertiary/aromatic N) is 1. The van der Waals surface area contributed by atoms with Crippen molar-refractivity contribution >= 4 is 17.2 Å². The molecule has 1 rings (SSSR count). The molecule has 0 aromatic heterocycles. The first-order valence-electron chi connectivity index (χ1n) is 3.66. The van der Waals surface area contributed by atoms with Gasteiger partial charge in [0.1, 0.15) is 6.07 Å². The van der Waals surface area contributed by atoms with Crippen molar-refractivity contribution in [3.8, 4) is 6.07 Å². The minimum atomic E-state index is -0.172. The van der Waals surface area contributed by atoms with Crippen molar-refractivity contribution in [3.63, 3.8) is 0 Å². The highest BCUT2D eigenvalue weighted by Gasteiger charge is 2.08. The van der Waals surface area contributed by atoms with E-state index in [2.05, 4.69) is 0 Å². The molecule has 0 amide bonds. The lowest BCUT2D eigenvalue weighted by Gasteiger charge is -2.04. The van der Waals surface area contributed by atoms with Crippen molar-refractivity contribution < 1.29 is 4.79 Å². The quantitative estimate of drug-likeness (QED) is 0.490. The van der Waals surface area contributed by atoms with Crippen molar-refractivity contribution in [2.75, 3.05) is 11.5 Å². The molecule has 0 bridgehead atoms. The minimum absolute atomic E-state index is 0.172. The molecule has 0 fully saturated rings. The largest absolute Gasteiger partial charge is 0.398 e. The molecule has 0 aliphatic rings. The molecule has 0 radical (unpaired) electrons. The van der Waals surface area contributed by atoms with Crippen LogP contribution in [0.5, 0.6) is 0 Å². The van der Waals surface area contributed by atoms with Crippen LogP contribution < -0.4 is 11.5 Å². The zero-order valence-corrected chi connectivity index (χ0v) is 7.16. The molecule has 0 spiro atoms. The number of carbonyl (C=O) groups excluding carboxylic acids is 1. The first-order chi connectivity index (χ1) is 6.06. The van der Waals surface area contributed by atoms with Gasteiger partial charge in [-0.3, -0.25) is 4.79 Å². The monoisotopic (exact) mass is 175 g/mol. The average Bonchev–Trinajstić information content (AvgIpc) is 2.03. The van der Waals surface area contributed by atoms with Crippen molar-refractivity contribution in [2.45, 2.75) is 6.92 Å². The zero-order valence-electron chi connectivity index (χ0n) is 7.16. The van der Waals surface area contributed by atoms with E-state index in [-0.39, 0.29) is 11.3 Å². The van der Waals surface area contributed by atoms with Gasteiger partial charge in [-0.1, -0.05) is 0 Å². The highest BCUT2D eigenvalue weighted by Crippen LogP contribution is 2.20. The summed E-state index contributed by atoms with van der Waals surface area (Å²) in [4.78, 5) is 11.0. The summed E-state index contributed by atoms with van der Waals surface area (Å²) in [5, 5.41) is 8.63. The topological polar surface area (TPSA) is 92.9 Å². The van der Waals surface area contributed by atoms with E-state index in [1.165, 1.54) is 19.1 Å². The predicted molar refractivity (Wildman–Crippen MR) is 50.0 cm³/mol. The van der Waals surface area contributed by atoms with Gasteiger partial charge >= 0.3 is 0 Å². The van der Waals surface area contributed by atoms with E-state index in [1.807, 2.05) is 6.07 Å². The molecule has 0 saturated carbocycles. The number of anilines is 2. The molecule has 0 aliphatic heterocycles. The lowest BCUT2D eigenvalue weighted by molar-refractivity contribution is 0.101. The Morgan fingerprint density at radius 2 is 2.00 bits per heavy atom. The zero-order chi connectivity index (χ0) is 10.0. The fourth-order valence-electron chi connectivity index (χ4n) is 1.04. The van der Waals surface area contributed by atoms with Crippen molar-refractivity contribution in [2.24, 2.45) is 0 Å². The first-order valence-corrected chi connectivity index (χ1v) is 3.66. The Kier molecular flexibility index (Phi) is 2.20. The Balaban J connectivity index is 3.41. The van der Waals surface area contributed by atoms with Crippen LogP contribution >= 0.6 is 0 Å². The van der Waals surface area contributed by atoms with Crippen LogP contribution in [0.1, 0.15) is 22.8 Å². The van der Waals surface area contributed by atoms with Gasteiger partial charge in [-0.15, -0.1) is 0 Å². The summed E-state index contributed by atoms with van der Waals surface area (Å²) in [7, 11) is 0. The third-order valence-corrected chi connectivity index (χ3v) is 1.72. The number of ketones is 1. The van der Waals surface area contributed by atoms with E-state index in [0.29, 0.717) is 16.9 Å². The molecule has 4 nitrogen and oxygen atoms in total. The first kappa shape index (κ1) is 9.07. The number of nitrogens with two attached hydrogens (primary N) is 2. The van der Waals surface area contributed by atoms with E-state index in [0.717, 1.165) is 0 Å². The van der Waals surface area contributed by atoms with Crippen molar-refractivity contribution in [1.82, 2.24) is 0 Å². The van der Waals surface area contributed by atoms with Gasteiger partial charge in [0, 0.05) is 11.3 Å². The predicted octanol–water partition coefficient (Wildman–Crippen LogP) is 0.925. The summed E-state index contributed by atoms with van der Waals surface area (Å²) >= 11 is 0. The van der Waals surface area contributed by atoms with Crippen molar-refractivity contribution in [3.05, 3.63) is 23.3 Å². The van der Waals surface area contributed by atoms with Gasteiger partial charge in [-0.05, 0) is 19.1 Å². The molecule has 1 aromatic carbocycles. The summed E-state index contributed by atoms with van der Waals surface area (Å²) in [5.74, 6) is -0.172. The maximum atomic E-state index is 11.0. The molecule has 66 valence electrons. The molecule has 1 aromatic rings. The highest BCUT2D eigenvalue weighted by molar-refractivity contribution is 6.00. The van der Waals surface area contributed by atoms with Crippen LogP contribution in [0, 0.1) is 11.3 Å². The maximum absolute atomic E-state index is 11.0.